The highest BCUT2D eigenvalue weighted by molar-refractivity contribution is 6.42. The minimum absolute atomic E-state index is 0.0452. The Bertz CT molecular complexity index is 617. The molecule has 0 saturated carbocycles. The van der Waals surface area contributed by atoms with Crippen molar-refractivity contribution in [2.75, 3.05) is 0 Å². The van der Waals surface area contributed by atoms with Gasteiger partial charge < -0.3 is 10.2 Å². The maximum atomic E-state index is 12.0. The van der Waals surface area contributed by atoms with Crippen LogP contribution in [0.4, 0.5) is 0 Å². The molecule has 20 heavy (non-hydrogen) atoms. The number of hydrogen-bond donors (Lipinski definition) is 1. The highest BCUT2D eigenvalue weighted by atomic mass is 35.5. The highest BCUT2D eigenvalue weighted by Gasteiger charge is 2.53. The lowest BCUT2D eigenvalue weighted by Gasteiger charge is -2.40. The zero-order valence-electron chi connectivity index (χ0n) is 11.1. The fourth-order valence-corrected chi connectivity index (χ4v) is 3.64. The topological polar surface area (TPSA) is 50.7 Å². The van der Waals surface area contributed by atoms with Gasteiger partial charge in [0.2, 0.25) is 11.6 Å². The molecule has 0 aliphatic carbocycles. The molecule has 3 rings (SSSR count). The molecular formula is C14H14Cl2N2O2. The summed E-state index contributed by atoms with van der Waals surface area (Å²) >= 11 is 12.4. The fourth-order valence-electron chi connectivity index (χ4n) is 3.20. The van der Waals surface area contributed by atoms with Crippen LogP contribution in [0.1, 0.15) is 31.7 Å². The minimum atomic E-state index is -0.810. The Hall–Kier alpha value is -1.26. The lowest BCUT2D eigenvalue weighted by Crippen LogP contribution is -2.58. The van der Waals surface area contributed by atoms with Crippen molar-refractivity contribution in [1.82, 2.24) is 5.32 Å². The van der Waals surface area contributed by atoms with Gasteiger partial charge in [-0.2, -0.15) is 0 Å². The molecule has 2 aliphatic rings. The molecule has 1 saturated heterocycles. The Morgan fingerprint density at radius 2 is 2.20 bits per heavy atom. The van der Waals surface area contributed by atoms with E-state index < -0.39 is 5.72 Å². The van der Waals surface area contributed by atoms with Crippen LogP contribution < -0.4 is 5.32 Å². The quantitative estimate of drug-likeness (QED) is 0.864. The van der Waals surface area contributed by atoms with E-state index in [0.717, 1.165) is 11.3 Å². The maximum absolute atomic E-state index is 12.0. The number of oxime groups is 1. The average Bonchev–Trinajstić information content (AvgIpc) is 2.67. The summed E-state index contributed by atoms with van der Waals surface area (Å²) in [5.41, 5.74) is 0.911. The van der Waals surface area contributed by atoms with Crippen LogP contribution in [0.2, 0.25) is 10.0 Å². The second-order valence-corrected chi connectivity index (χ2v) is 6.20. The Kier molecular flexibility index (Phi) is 3.18. The summed E-state index contributed by atoms with van der Waals surface area (Å²) in [7, 11) is 0. The molecule has 106 valence electrons. The molecule has 1 aromatic carbocycles. The normalized spacial score (nSPS) is 32.2. The van der Waals surface area contributed by atoms with Crippen LogP contribution in [0.5, 0.6) is 0 Å². The molecule has 2 heterocycles. The van der Waals surface area contributed by atoms with Crippen LogP contribution >= 0.6 is 23.2 Å². The van der Waals surface area contributed by atoms with Gasteiger partial charge in [0.15, 0.2) is 0 Å². The van der Waals surface area contributed by atoms with Gasteiger partial charge in [0.05, 0.1) is 21.7 Å². The van der Waals surface area contributed by atoms with Crippen LogP contribution in [0.25, 0.3) is 0 Å². The summed E-state index contributed by atoms with van der Waals surface area (Å²) in [5.74, 6) is -0.211. The van der Waals surface area contributed by atoms with Gasteiger partial charge in [-0.3, -0.25) is 4.79 Å². The van der Waals surface area contributed by atoms with Crippen LogP contribution in [-0.2, 0) is 9.63 Å². The van der Waals surface area contributed by atoms with Crippen molar-refractivity contribution < 1.29 is 9.63 Å². The second kappa shape index (κ2) is 4.64. The molecule has 0 bridgehead atoms. The number of amides is 1. The lowest BCUT2D eigenvalue weighted by atomic mass is 9.73. The molecule has 4 nitrogen and oxygen atoms in total. The summed E-state index contributed by atoms with van der Waals surface area (Å²) in [5, 5.41) is 7.89. The number of benzene rings is 1. The van der Waals surface area contributed by atoms with Gasteiger partial charge in [0.25, 0.3) is 0 Å². The number of halogens is 2. The number of nitrogens with one attached hydrogen (secondary N) is 1. The summed E-state index contributed by atoms with van der Waals surface area (Å²) in [6.07, 6.45) is 0.344. The maximum Gasteiger partial charge on any atom is 0.223 e. The number of nitrogens with zero attached hydrogens (tertiary/aromatic N) is 1. The number of carbonyl (C=O) groups is 1. The SMILES string of the molecule is CC1=NO[C@]2(C)NC(=O)CC(c3cccc(Cl)c3Cl)[C@H]12. The Morgan fingerprint density at radius 3 is 2.95 bits per heavy atom. The molecule has 0 aromatic heterocycles. The van der Waals surface area contributed by atoms with Gasteiger partial charge in [-0.25, -0.2) is 0 Å². The van der Waals surface area contributed by atoms with Crippen LogP contribution in [0.15, 0.2) is 23.4 Å². The van der Waals surface area contributed by atoms with Crippen molar-refractivity contribution in [1.29, 1.82) is 0 Å². The standard InChI is InChI=1S/C14H14Cl2N2O2/c1-7-12-9(8-4-3-5-10(15)13(8)16)6-11(19)17-14(12,2)20-18-7/h3-5,9,12H,6H2,1-2H3,(H,17,19)/t9?,12-,14-/m0/s1. The van der Waals surface area contributed by atoms with Gasteiger partial charge in [-0.15, -0.1) is 0 Å². The molecule has 1 amide bonds. The van der Waals surface area contributed by atoms with Crippen molar-refractivity contribution in [3.63, 3.8) is 0 Å². The molecule has 6 heteroatoms. The third-order valence-electron chi connectivity index (χ3n) is 4.00. The van der Waals surface area contributed by atoms with Gasteiger partial charge in [-0.1, -0.05) is 40.5 Å². The van der Waals surface area contributed by atoms with E-state index >= 15 is 0 Å². The van der Waals surface area contributed by atoms with Gasteiger partial charge in [0.1, 0.15) is 0 Å². The van der Waals surface area contributed by atoms with E-state index in [1.165, 1.54) is 0 Å². The first kappa shape index (κ1) is 13.7. The molecule has 1 N–H and O–H groups in total. The van der Waals surface area contributed by atoms with E-state index in [2.05, 4.69) is 10.5 Å². The first-order valence-electron chi connectivity index (χ1n) is 6.40. The molecular weight excluding hydrogens is 299 g/mol. The zero-order chi connectivity index (χ0) is 14.5. The molecule has 3 atom stereocenters. The van der Waals surface area contributed by atoms with E-state index in [1.807, 2.05) is 26.0 Å². The predicted octanol–water partition coefficient (Wildman–Crippen LogP) is 3.34. The van der Waals surface area contributed by atoms with Crippen molar-refractivity contribution in [2.45, 2.75) is 31.9 Å². The van der Waals surface area contributed by atoms with Gasteiger partial charge in [-0.05, 0) is 25.5 Å². The van der Waals surface area contributed by atoms with E-state index in [0.29, 0.717) is 16.5 Å². The first-order chi connectivity index (χ1) is 9.42. The number of piperidine rings is 1. The number of fused-ring (bicyclic) bond motifs is 1. The van der Waals surface area contributed by atoms with Gasteiger partial charge in [0, 0.05) is 12.3 Å². The van der Waals surface area contributed by atoms with Crippen molar-refractivity contribution >= 4 is 34.8 Å². The largest absolute Gasteiger partial charge is 0.367 e. The molecule has 0 spiro atoms. The first-order valence-corrected chi connectivity index (χ1v) is 7.15. The third kappa shape index (κ3) is 1.98. The van der Waals surface area contributed by atoms with E-state index in [4.69, 9.17) is 28.0 Å². The Morgan fingerprint density at radius 1 is 1.45 bits per heavy atom. The Labute approximate surface area is 127 Å². The molecule has 1 aromatic rings. The zero-order valence-corrected chi connectivity index (χ0v) is 12.6. The average molecular weight is 313 g/mol. The Balaban J connectivity index is 2.09. The number of hydrogen-bond acceptors (Lipinski definition) is 3. The third-order valence-corrected chi connectivity index (χ3v) is 4.83. The smallest absolute Gasteiger partial charge is 0.223 e. The van der Waals surface area contributed by atoms with Crippen LogP contribution in [0.3, 0.4) is 0 Å². The number of carbonyl (C=O) groups excluding carboxylic acids is 1. The second-order valence-electron chi connectivity index (χ2n) is 5.41. The predicted molar refractivity (Wildman–Crippen MR) is 78.1 cm³/mol. The van der Waals surface area contributed by atoms with Crippen molar-refractivity contribution in [2.24, 2.45) is 11.1 Å². The fraction of sp³-hybridized carbons (Fsp3) is 0.429. The van der Waals surface area contributed by atoms with E-state index in [9.17, 15) is 4.79 Å². The number of rotatable bonds is 1. The molecule has 1 fully saturated rings. The summed E-state index contributed by atoms with van der Waals surface area (Å²) in [6.45, 7) is 3.74. The van der Waals surface area contributed by atoms with Crippen molar-refractivity contribution in [3.05, 3.63) is 33.8 Å². The molecule has 0 radical (unpaired) electrons. The summed E-state index contributed by atoms with van der Waals surface area (Å²) in [6, 6.07) is 5.49. The van der Waals surface area contributed by atoms with Gasteiger partial charge >= 0.3 is 0 Å². The molecule has 2 aliphatic heterocycles. The van der Waals surface area contributed by atoms with Crippen molar-refractivity contribution in [3.8, 4) is 0 Å². The summed E-state index contributed by atoms with van der Waals surface area (Å²) < 4.78 is 0. The molecule has 1 unspecified atom stereocenters. The van der Waals surface area contributed by atoms with E-state index in [1.54, 1.807) is 6.07 Å². The van der Waals surface area contributed by atoms with Crippen LogP contribution in [0, 0.1) is 5.92 Å². The van der Waals surface area contributed by atoms with Crippen LogP contribution in [-0.4, -0.2) is 17.3 Å². The lowest BCUT2D eigenvalue weighted by molar-refractivity contribution is -0.141. The monoisotopic (exact) mass is 312 g/mol. The van der Waals surface area contributed by atoms with E-state index in [-0.39, 0.29) is 17.7 Å². The summed E-state index contributed by atoms with van der Waals surface area (Å²) in [4.78, 5) is 17.4. The minimum Gasteiger partial charge on any atom is -0.367 e. The highest BCUT2D eigenvalue weighted by Crippen LogP contribution is 2.46.